The second kappa shape index (κ2) is 6.65. The molecule has 36 valence electrons. The maximum atomic E-state index is 4.76. The van der Waals surface area contributed by atoms with Gasteiger partial charge < -0.3 is 6.08 Å². The molecule has 2 heteroatoms. The summed E-state index contributed by atoms with van der Waals surface area (Å²) in [6.07, 6.45) is 9.00. The summed E-state index contributed by atoms with van der Waals surface area (Å²) in [5.41, 5.74) is 0. The van der Waals surface area contributed by atoms with Gasteiger partial charge in [-0.3, -0.25) is 6.08 Å². The zero-order chi connectivity index (χ0) is 5.54. The molecule has 1 rings (SSSR count). The molecule has 0 saturated heterocycles. The van der Waals surface area contributed by atoms with Crippen LogP contribution in [-0.2, 0) is 17.3 Å². The Balaban J connectivity index is 0.000000162. The topological polar surface area (TPSA) is 0 Å². The quantitative estimate of drug-likeness (QED) is 0.384. The van der Waals surface area contributed by atoms with Gasteiger partial charge in [-0.05, 0) is 0 Å². The van der Waals surface area contributed by atoms with Crippen molar-refractivity contribution in [2.45, 2.75) is 19.3 Å². The summed E-state index contributed by atoms with van der Waals surface area (Å²) in [5.74, 6) is 0. The van der Waals surface area contributed by atoms with E-state index in [2.05, 4.69) is 12.2 Å². The molecule has 1 aliphatic rings. The van der Waals surface area contributed by atoms with E-state index in [-0.39, 0.29) is 0 Å². The van der Waals surface area contributed by atoms with E-state index in [4.69, 9.17) is 9.69 Å². The molecule has 0 bridgehead atoms. The van der Waals surface area contributed by atoms with E-state index in [1.807, 2.05) is 0 Å². The van der Waals surface area contributed by atoms with Crippen molar-refractivity contribution in [2.75, 3.05) is 0 Å². The molecule has 0 amide bonds. The zero-order valence-electron chi connectivity index (χ0n) is 4.28. The molecule has 1 aliphatic carbocycles. The van der Waals surface area contributed by atoms with Gasteiger partial charge in [-0.1, -0.05) is 12.8 Å². The van der Waals surface area contributed by atoms with Crippen LogP contribution >= 0.6 is 9.69 Å². The Morgan fingerprint density at radius 3 is 2.43 bits per heavy atom. The van der Waals surface area contributed by atoms with Crippen LogP contribution in [0.15, 0.2) is 6.08 Å². The first-order chi connectivity index (χ1) is 3.50. The van der Waals surface area contributed by atoms with Crippen molar-refractivity contribution in [1.29, 1.82) is 0 Å². The Morgan fingerprint density at radius 1 is 1.57 bits per heavy atom. The molecule has 0 aromatic rings. The number of halogens is 1. The van der Waals surface area contributed by atoms with Crippen molar-refractivity contribution >= 4 is 9.69 Å². The van der Waals surface area contributed by atoms with Gasteiger partial charge in [-0.2, -0.15) is 6.42 Å². The van der Waals surface area contributed by atoms with E-state index in [0.29, 0.717) is 0 Å². The first-order valence-corrected chi connectivity index (χ1v) is 6.22. The summed E-state index contributed by atoms with van der Waals surface area (Å²) < 4.78 is 0. The Bertz CT molecular complexity index is 46.0. The normalized spacial score (nSPS) is 15.9. The molecule has 0 saturated carbocycles. The van der Waals surface area contributed by atoms with Crippen LogP contribution in [0.3, 0.4) is 0 Å². The molecule has 0 heterocycles. The van der Waals surface area contributed by atoms with Crippen molar-refractivity contribution in [3.63, 3.8) is 0 Å². The maximum absolute atomic E-state index is 4.76. The van der Waals surface area contributed by atoms with Crippen LogP contribution in [0, 0.1) is 6.08 Å². The monoisotopic (exact) mass is 166 g/mol. The third kappa shape index (κ3) is 4.51. The van der Waals surface area contributed by atoms with Gasteiger partial charge in [-0.15, -0.1) is 0 Å². The Kier molecular flexibility index (Phi) is 7.27. The molecule has 0 aromatic carbocycles. The fraction of sp³-hybridized carbons (Fsp3) is 0.600. The van der Waals surface area contributed by atoms with Crippen molar-refractivity contribution in [2.24, 2.45) is 0 Å². The number of hydrogen-bond acceptors (Lipinski definition) is 0. The van der Waals surface area contributed by atoms with E-state index in [9.17, 15) is 0 Å². The third-order valence-electron chi connectivity index (χ3n) is 0.814. The van der Waals surface area contributed by atoms with Crippen molar-refractivity contribution in [3.05, 3.63) is 12.2 Å². The van der Waals surface area contributed by atoms with Gasteiger partial charge in [0.05, 0.1) is 0 Å². The van der Waals surface area contributed by atoms with Gasteiger partial charge in [-0.25, -0.2) is 0 Å². The summed E-state index contributed by atoms with van der Waals surface area (Å²) in [5, 5.41) is 0. The predicted molar refractivity (Wildman–Crippen MR) is 27.5 cm³/mol. The molecular weight excluding hydrogens is 161 g/mol. The number of rotatable bonds is 0. The van der Waals surface area contributed by atoms with Crippen molar-refractivity contribution in [1.82, 2.24) is 0 Å². The summed E-state index contributed by atoms with van der Waals surface area (Å²) in [6, 6.07) is 0. The summed E-state index contributed by atoms with van der Waals surface area (Å²) in [4.78, 5) is 0. The van der Waals surface area contributed by atoms with Crippen LogP contribution in [0.25, 0.3) is 0 Å². The zero-order valence-corrected chi connectivity index (χ0v) is 8.01. The molecule has 7 heavy (non-hydrogen) atoms. The van der Waals surface area contributed by atoms with E-state index >= 15 is 0 Å². The molecule has 0 aromatic heterocycles. The molecule has 0 aliphatic heterocycles. The van der Waals surface area contributed by atoms with E-state index < -0.39 is 0 Å². The average molecular weight is 168 g/mol. The molecule has 0 radical (unpaired) electrons. The minimum absolute atomic E-state index is 0.847. The van der Waals surface area contributed by atoms with Crippen LogP contribution in [0.4, 0.5) is 0 Å². The van der Waals surface area contributed by atoms with Crippen LogP contribution in [0.5, 0.6) is 0 Å². The van der Waals surface area contributed by atoms with Crippen LogP contribution in [0.2, 0.25) is 0 Å². The second-order valence-electron chi connectivity index (χ2n) is 1.30. The van der Waals surface area contributed by atoms with Gasteiger partial charge in [0.1, 0.15) is 0 Å². The van der Waals surface area contributed by atoms with Crippen LogP contribution in [0.1, 0.15) is 19.3 Å². The minimum atomic E-state index is 0.847. The molecule has 0 spiro atoms. The third-order valence-corrected chi connectivity index (χ3v) is 0.814. The van der Waals surface area contributed by atoms with Gasteiger partial charge in [0.15, 0.2) is 0 Å². The van der Waals surface area contributed by atoms with Gasteiger partial charge in [0.25, 0.3) is 0 Å². The fourth-order valence-corrected chi connectivity index (χ4v) is 0.510. The predicted octanol–water partition coefficient (Wildman–Crippen LogP) is 2.22. The molecule has 0 atom stereocenters. The van der Waals surface area contributed by atoms with Gasteiger partial charge in [0.2, 0.25) is 0 Å². The second-order valence-corrected chi connectivity index (χ2v) is 1.30. The van der Waals surface area contributed by atoms with Gasteiger partial charge >= 0.3 is 27.0 Å². The summed E-state index contributed by atoms with van der Waals surface area (Å²) >= 11 is 0.847. The van der Waals surface area contributed by atoms with E-state index in [0.717, 1.165) is 17.3 Å². The van der Waals surface area contributed by atoms with Crippen LogP contribution in [-0.4, -0.2) is 0 Å². The number of hydrogen-bond donors (Lipinski definition) is 0. The van der Waals surface area contributed by atoms with Gasteiger partial charge in [0, 0.05) is 0 Å². The summed E-state index contributed by atoms with van der Waals surface area (Å²) in [7, 11) is 4.76. The number of allylic oxidation sites excluding steroid dienone is 2. The Labute approximate surface area is 58.7 Å². The molecular formula is C5H7ClZn. The molecule has 0 fully saturated rings. The average Bonchev–Trinajstić information content (AvgIpc) is 2.23. The molecule has 0 nitrogen and oxygen atoms in total. The van der Waals surface area contributed by atoms with E-state index in [1.165, 1.54) is 19.3 Å². The first kappa shape index (κ1) is 7.65. The van der Waals surface area contributed by atoms with Crippen molar-refractivity contribution < 1.29 is 17.3 Å². The standard InChI is InChI=1S/C5H7.ClH.Zn/c1-2-4-5-3-1;;/h1H,2,4-5H2;1H;/q-1;;+2/p-1. The van der Waals surface area contributed by atoms with E-state index in [1.54, 1.807) is 0 Å². The fourth-order valence-electron chi connectivity index (χ4n) is 0.510. The Morgan fingerprint density at radius 2 is 2.29 bits per heavy atom. The summed E-state index contributed by atoms with van der Waals surface area (Å²) in [6.45, 7) is 0. The molecule has 0 N–H and O–H groups in total. The first-order valence-electron chi connectivity index (χ1n) is 2.32. The molecule has 0 unspecified atom stereocenters. The SMILES string of the molecule is [C-]1=CCCC1.[Cl][Zn+]. The Hall–Kier alpha value is 0.653. The van der Waals surface area contributed by atoms with Crippen molar-refractivity contribution in [3.8, 4) is 0 Å². The van der Waals surface area contributed by atoms with Crippen LogP contribution < -0.4 is 0 Å².